The van der Waals surface area contributed by atoms with Crippen LogP contribution in [-0.2, 0) is 25.9 Å². The molecule has 0 spiro atoms. The van der Waals surface area contributed by atoms with Gasteiger partial charge in [0.15, 0.2) is 9.84 Å². The second-order valence-corrected chi connectivity index (χ2v) is 9.71. The van der Waals surface area contributed by atoms with Crippen LogP contribution >= 0.6 is 0 Å². The van der Waals surface area contributed by atoms with Crippen molar-refractivity contribution >= 4 is 26.8 Å². The quantitative estimate of drug-likeness (QED) is 0.874. The molecule has 0 radical (unpaired) electrons. The van der Waals surface area contributed by atoms with Crippen LogP contribution in [0.15, 0.2) is 24.4 Å². The maximum Gasteiger partial charge on any atom is 0.240 e. The summed E-state index contributed by atoms with van der Waals surface area (Å²) in [6, 6.07) is 5.88. The van der Waals surface area contributed by atoms with Crippen molar-refractivity contribution in [1.29, 1.82) is 0 Å². The molecule has 2 atom stereocenters. The Balaban J connectivity index is 1.60. The topological polar surface area (TPSA) is 90.3 Å². The van der Waals surface area contributed by atoms with E-state index < -0.39 is 15.4 Å². The van der Waals surface area contributed by atoms with Gasteiger partial charge in [-0.3, -0.25) is 4.79 Å². The number of ether oxygens (including phenoxy) is 1. The molecule has 1 unspecified atom stereocenters. The van der Waals surface area contributed by atoms with E-state index in [1.807, 2.05) is 22.8 Å². The molecular weight excluding hydrogens is 354 g/mol. The second-order valence-electron chi connectivity index (χ2n) is 7.52. The second kappa shape index (κ2) is 6.35. The zero-order chi connectivity index (χ0) is 18.4. The molecule has 1 amide bonds. The number of fused-ring (bicyclic) bond motifs is 1. The first-order valence-corrected chi connectivity index (χ1v) is 10.7. The van der Waals surface area contributed by atoms with Crippen molar-refractivity contribution in [3.8, 4) is 0 Å². The molecule has 2 saturated heterocycles. The van der Waals surface area contributed by atoms with Crippen LogP contribution in [0.2, 0.25) is 0 Å². The van der Waals surface area contributed by atoms with Crippen LogP contribution in [0, 0.1) is 0 Å². The Morgan fingerprint density at radius 2 is 2.35 bits per heavy atom. The van der Waals surface area contributed by atoms with Crippen LogP contribution in [0.25, 0.3) is 11.0 Å². The molecule has 2 fully saturated rings. The van der Waals surface area contributed by atoms with E-state index in [1.54, 1.807) is 13.1 Å². The van der Waals surface area contributed by atoms with Crippen molar-refractivity contribution in [2.75, 3.05) is 18.1 Å². The molecule has 0 bridgehead atoms. The molecular formula is C18H23N3O4S. The molecule has 140 valence electrons. The fourth-order valence-electron chi connectivity index (χ4n) is 3.98. The monoisotopic (exact) mass is 377 g/mol. The largest absolute Gasteiger partial charge is 0.372 e. The van der Waals surface area contributed by atoms with E-state index in [2.05, 4.69) is 10.3 Å². The predicted molar refractivity (Wildman–Crippen MR) is 97.5 cm³/mol. The van der Waals surface area contributed by atoms with Crippen molar-refractivity contribution in [3.05, 3.63) is 30.1 Å². The molecule has 26 heavy (non-hydrogen) atoms. The van der Waals surface area contributed by atoms with E-state index in [1.165, 1.54) is 0 Å². The first-order chi connectivity index (χ1) is 12.4. The van der Waals surface area contributed by atoms with Crippen LogP contribution in [0.1, 0.15) is 38.0 Å². The minimum absolute atomic E-state index is 0.00495. The summed E-state index contributed by atoms with van der Waals surface area (Å²) in [5.74, 6) is -0.0828. The average Bonchev–Trinajstić information content (AvgIpc) is 3.26. The van der Waals surface area contributed by atoms with Gasteiger partial charge in [0.1, 0.15) is 12.2 Å². The summed E-state index contributed by atoms with van der Waals surface area (Å²) in [6.45, 7) is 2.62. The van der Waals surface area contributed by atoms with Gasteiger partial charge in [0.25, 0.3) is 0 Å². The third kappa shape index (κ3) is 3.35. The van der Waals surface area contributed by atoms with Gasteiger partial charge in [0.05, 0.1) is 23.1 Å². The molecule has 2 aromatic heterocycles. The highest BCUT2D eigenvalue weighted by Gasteiger charge is 2.39. The first kappa shape index (κ1) is 17.5. The molecule has 1 N–H and O–H groups in total. The molecule has 2 aliphatic rings. The van der Waals surface area contributed by atoms with Crippen molar-refractivity contribution in [3.63, 3.8) is 0 Å². The Labute approximate surface area is 152 Å². The minimum atomic E-state index is -3.07. The number of hydrogen-bond acceptors (Lipinski definition) is 5. The highest BCUT2D eigenvalue weighted by Crippen LogP contribution is 2.32. The summed E-state index contributed by atoms with van der Waals surface area (Å²) < 4.78 is 31.2. The van der Waals surface area contributed by atoms with Crippen molar-refractivity contribution in [2.24, 2.45) is 0 Å². The fraction of sp³-hybridized carbons (Fsp3) is 0.556. The van der Waals surface area contributed by atoms with Gasteiger partial charge in [-0.2, -0.15) is 0 Å². The lowest BCUT2D eigenvalue weighted by Gasteiger charge is -2.24. The standard InChI is InChI=1S/C18H23N3O4S/c1-18(6-9-26(23,24)12-18)20-16(22)11-21-14(15-5-3-8-25-15)10-13-4-2-7-19-17(13)21/h2,4,7,10,15H,3,5-6,8-9,11-12H2,1H3,(H,20,22)/t15-,18?/m1/s1. The van der Waals surface area contributed by atoms with Gasteiger partial charge in [-0.25, -0.2) is 13.4 Å². The van der Waals surface area contributed by atoms with Crippen LogP contribution in [-0.4, -0.2) is 47.5 Å². The van der Waals surface area contributed by atoms with Gasteiger partial charge < -0.3 is 14.6 Å². The lowest BCUT2D eigenvalue weighted by Crippen LogP contribution is -2.48. The molecule has 4 rings (SSSR count). The number of nitrogens with one attached hydrogen (secondary N) is 1. The third-order valence-electron chi connectivity index (χ3n) is 5.19. The fourth-order valence-corrected chi connectivity index (χ4v) is 6.07. The zero-order valence-electron chi connectivity index (χ0n) is 14.8. The van der Waals surface area contributed by atoms with Gasteiger partial charge in [-0.15, -0.1) is 0 Å². The maximum absolute atomic E-state index is 12.7. The van der Waals surface area contributed by atoms with Gasteiger partial charge >= 0.3 is 0 Å². The van der Waals surface area contributed by atoms with Crippen molar-refractivity contribution in [2.45, 2.75) is 44.4 Å². The molecule has 0 aliphatic carbocycles. The summed E-state index contributed by atoms with van der Waals surface area (Å²) in [5.41, 5.74) is 1.00. The molecule has 0 aromatic carbocycles. The Hall–Kier alpha value is -1.93. The van der Waals surface area contributed by atoms with E-state index in [0.717, 1.165) is 36.2 Å². The average molecular weight is 377 g/mol. The summed E-state index contributed by atoms with van der Waals surface area (Å²) >= 11 is 0. The number of nitrogens with zero attached hydrogens (tertiary/aromatic N) is 2. The lowest BCUT2D eigenvalue weighted by molar-refractivity contribution is -0.123. The molecule has 2 aromatic rings. The first-order valence-electron chi connectivity index (χ1n) is 8.92. The van der Waals surface area contributed by atoms with E-state index in [0.29, 0.717) is 6.42 Å². The van der Waals surface area contributed by atoms with E-state index in [4.69, 9.17) is 4.74 Å². The molecule has 2 aliphatic heterocycles. The number of pyridine rings is 1. The molecule has 0 saturated carbocycles. The summed E-state index contributed by atoms with van der Waals surface area (Å²) in [5, 5.41) is 3.90. The smallest absolute Gasteiger partial charge is 0.240 e. The normalized spacial score (nSPS) is 27.8. The number of carbonyl (C=O) groups excluding carboxylic acids is 1. The van der Waals surface area contributed by atoms with E-state index >= 15 is 0 Å². The van der Waals surface area contributed by atoms with Gasteiger partial charge in [-0.05, 0) is 44.4 Å². The summed E-state index contributed by atoms with van der Waals surface area (Å²) in [7, 11) is -3.07. The minimum Gasteiger partial charge on any atom is -0.372 e. The number of hydrogen-bond donors (Lipinski definition) is 1. The molecule has 7 nitrogen and oxygen atoms in total. The Kier molecular flexibility index (Phi) is 4.27. The van der Waals surface area contributed by atoms with Crippen LogP contribution < -0.4 is 5.32 Å². The lowest BCUT2D eigenvalue weighted by atomic mass is 10.0. The van der Waals surface area contributed by atoms with E-state index in [-0.39, 0.29) is 30.1 Å². The number of carbonyl (C=O) groups is 1. The molecule has 8 heteroatoms. The van der Waals surface area contributed by atoms with Gasteiger partial charge in [0, 0.05) is 23.9 Å². The Bertz CT molecular complexity index is 946. The van der Waals surface area contributed by atoms with E-state index in [9.17, 15) is 13.2 Å². The number of aromatic nitrogens is 2. The maximum atomic E-state index is 12.7. The Morgan fingerprint density at radius 1 is 1.50 bits per heavy atom. The highest BCUT2D eigenvalue weighted by molar-refractivity contribution is 7.91. The zero-order valence-corrected chi connectivity index (χ0v) is 15.6. The van der Waals surface area contributed by atoms with Crippen molar-refractivity contribution in [1.82, 2.24) is 14.9 Å². The summed E-state index contributed by atoms with van der Waals surface area (Å²) in [6.07, 6.45) is 4.06. The molecule has 4 heterocycles. The van der Waals surface area contributed by atoms with Crippen LogP contribution in [0.3, 0.4) is 0 Å². The van der Waals surface area contributed by atoms with Gasteiger partial charge in [-0.1, -0.05) is 0 Å². The number of amides is 1. The van der Waals surface area contributed by atoms with Crippen molar-refractivity contribution < 1.29 is 17.9 Å². The predicted octanol–water partition coefficient (Wildman–Crippen LogP) is 1.58. The highest BCUT2D eigenvalue weighted by atomic mass is 32.2. The van der Waals surface area contributed by atoms with Crippen LogP contribution in [0.4, 0.5) is 0 Å². The van der Waals surface area contributed by atoms with Gasteiger partial charge in [0.2, 0.25) is 5.91 Å². The number of rotatable bonds is 4. The third-order valence-corrected chi connectivity index (χ3v) is 7.10. The number of sulfone groups is 1. The SMILES string of the molecule is CC1(NC(=O)Cn2c([C@H]3CCCO3)cc3cccnc32)CCS(=O)(=O)C1. The summed E-state index contributed by atoms with van der Waals surface area (Å²) in [4.78, 5) is 17.1. The Morgan fingerprint density at radius 3 is 3.04 bits per heavy atom. The van der Waals surface area contributed by atoms with Crippen LogP contribution in [0.5, 0.6) is 0 Å².